The zero-order valence-electron chi connectivity index (χ0n) is 6.56. The summed E-state index contributed by atoms with van der Waals surface area (Å²) in [6, 6.07) is 1.29. The van der Waals surface area contributed by atoms with Crippen molar-refractivity contribution < 1.29 is 9.90 Å². The monoisotopic (exact) mass is 167 g/mol. The Kier molecular flexibility index (Phi) is 1.41. The highest BCUT2D eigenvalue weighted by Crippen LogP contribution is 2.15. The molecule has 5 nitrogen and oxygen atoms in total. The molecule has 1 aromatic rings. The van der Waals surface area contributed by atoms with Crippen molar-refractivity contribution >= 4 is 5.91 Å². The zero-order chi connectivity index (χ0) is 8.72. The first kappa shape index (κ1) is 7.30. The molecule has 0 fully saturated rings. The number of hydrogen-bond acceptors (Lipinski definition) is 3. The van der Waals surface area contributed by atoms with E-state index in [-0.39, 0.29) is 11.9 Å². The lowest BCUT2D eigenvalue weighted by atomic mass is 10.2. The maximum Gasteiger partial charge on any atom is 0.270 e. The van der Waals surface area contributed by atoms with Crippen LogP contribution in [-0.4, -0.2) is 26.8 Å². The zero-order valence-corrected chi connectivity index (χ0v) is 6.56. The molecule has 0 bridgehead atoms. The van der Waals surface area contributed by atoms with Gasteiger partial charge in [0, 0.05) is 6.20 Å². The average molecular weight is 167 g/mol. The second-order valence-corrected chi connectivity index (χ2v) is 2.84. The molecule has 2 atom stereocenters. The summed E-state index contributed by atoms with van der Waals surface area (Å²) < 4.78 is 1.32. The van der Waals surface area contributed by atoms with Gasteiger partial charge < -0.3 is 10.4 Å². The van der Waals surface area contributed by atoms with E-state index in [1.165, 1.54) is 10.9 Å². The summed E-state index contributed by atoms with van der Waals surface area (Å²) in [5.74, 6) is -0.190. The van der Waals surface area contributed by atoms with Gasteiger partial charge in [0.15, 0.2) is 6.23 Å². The largest absolute Gasteiger partial charge is 0.370 e. The van der Waals surface area contributed by atoms with Crippen LogP contribution in [0.25, 0.3) is 0 Å². The van der Waals surface area contributed by atoms with Crippen molar-refractivity contribution in [2.75, 3.05) is 0 Å². The maximum atomic E-state index is 11.2. The summed E-state index contributed by atoms with van der Waals surface area (Å²) in [4.78, 5) is 11.2. The van der Waals surface area contributed by atoms with Crippen LogP contribution in [0.4, 0.5) is 0 Å². The lowest BCUT2D eigenvalue weighted by molar-refractivity contribution is 0.0349. The van der Waals surface area contributed by atoms with Gasteiger partial charge in [0.1, 0.15) is 5.69 Å². The lowest BCUT2D eigenvalue weighted by Gasteiger charge is -2.26. The molecule has 0 saturated heterocycles. The number of carbonyl (C=O) groups is 1. The van der Waals surface area contributed by atoms with Crippen LogP contribution in [0.1, 0.15) is 23.6 Å². The fraction of sp³-hybridized carbons (Fsp3) is 0.429. The van der Waals surface area contributed by atoms with Gasteiger partial charge in [-0.25, -0.2) is 4.68 Å². The number of nitrogens with zero attached hydrogens (tertiary/aromatic N) is 2. The normalized spacial score (nSPS) is 28.0. The van der Waals surface area contributed by atoms with Gasteiger partial charge in [-0.3, -0.25) is 4.79 Å². The number of aromatic nitrogens is 2. The first-order valence-corrected chi connectivity index (χ1v) is 3.72. The Hall–Kier alpha value is -1.36. The van der Waals surface area contributed by atoms with Gasteiger partial charge in [-0.1, -0.05) is 0 Å². The quantitative estimate of drug-likeness (QED) is 0.547. The van der Waals surface area contributed by atoms with Gasteiger partial charge in [0.05, 0.1) is 6.04 Å². The fourth-order valence-corrected chi connectivity index (χ4v) is 1.27. The van der Waals surface area contributed by atoms with Crippen LogP contribution in [-0.2, 0) is 0 Å². The molecule has 1 aliphatic rings. The molecule has 2 heterocycles. The SMILES string of the molecule is CC1NC(=O)c2ccnn2C1O. The third-order valence-corrected chi connectivity index (χ3v) is 1.96. The third-order valence-electron chi connectivity index (χ3n) is 1.96. The maximum absolute atomic E-state index is 11.2. The van der Waals surface area contributed by atoms with Crippen LogP contribution < -0.4 is 5.32 Å². The van der Waals surface area contributed by atoms with E-state index in [0.29, 0.717) is 5.69 Å². The second kappa shape index (κ2) is 2.31. The van der Waals surface area contributed by atoms with E-state index in [2.05, 4.69) is 10.4 Å². The lowest BCUT2D eigenvalue weighted by Crippen LogP contribution is -2.46. The fourth-order valence-electron chi connectivity index (χ4n) is 1.27. The van der Waals surface area contributed by atoms with Crippen LogP contribution in [0.5, 0.6) is 0 Å². The van der Waals surface area contributed by atoms with E-state index >= 15 is 0 Å². The highest BCUT2D eigenvalue weighted by atomic mass is 16.3. The minimum atomic E-state index is -0.757. The van der Waals surface area contributed by atoms with Crippen molar-refractivity contribution in [3.05, 3.63) is 18.0 Å². The molecule has 2 N–H and O–H groups in total. The van der Waals surface area contributed by atoms with Gasteiger partial charge in [0.25, 0.3) is 5.91 Å². The van der Waals surface area contributed by atoms with Crippen molar-refractivity contribution in [1.82, 2.24) is 15.1 Å². The van der Waals surface area contributed by atoms with Gasteiger partial charge in [0.2, 0.25) is 0 Å². The number of aliphatic hydroxyl groups excluding tert-OH is 1. The Bertz CT molecular complexity index is 320. The summed E-state index contributed by atoms with van der Waals surface area (Å²) in [6.45, 7) is 1.73. The van der Waals surface area contributed by atoms with Crippen molar-refractivity contribution in [2.24, 2.45) is 0 Å². The summed E-state index contributed by atoms with van der Waals surface area (Å²) in [5.41, 5.74) is 0.403. The van der Waals surface area contributed by atoms with E-state index in [1.807, 2.05) is 0 Å². The molecule has 1 aliphatic heterocycles. The van der Waals surface area contributed by atoms with Crippen molar-refractivity contribution in [3.63, 3.8) is 0 Å². The number of nitrogens with one attached hydrogen (secondary N) is 1. The molecule has 0 spiro atoms. The van der Waals surface area contributed by atoms with Gasteiger partial charge in [-0.2, -0.15) is 5.10 Å². The van der Waals surface area contributed by atoms with Gasteiger partial charge >= 0.3 is 0 Å². The Labute approximate surface area is 69.0 Å². The number of fused-ring (bicyclic) bond motifs is 1. The summed E-state index contributed by atoms with van der Waals surface area (Å²) in [6.07, 6.45) is 0.739. The van der Waals surface area contributed by atoms with E-state index in [1.54, 1.807) is 13.0 Å². The highest BCUT2D eigenvalue weighted by Gasteiger charge is 2.29. The third kappa shape index (κ3) is 0.831. The minimum Gasteiger partial charge on any atom is -0.370 e. The molecular weight excluding hydrogens is 158 g/mol. The number of aliphatic hydroxyl groups is 1. The molecule has 1 amide bonds. The predicted octanol–water partition coefficient (Wildman–Crippen LogP) is -0.494. The van der Waals surface area contributed by atoms with Crippen LogP contribution in [0.2, 0.25) is 0 Å². The second-order valence-electron chi connectivity index (χ2n) is 2.84. The molecule has 2 rings (SSSR count). The van der Waals surface area contributed by atoms with E-state index in [4.69, 9.17) is 0 Å². The standard InChI is InChI=1S/C7H9N3O2/c1-4-7(12)10-5(2-3-8-10)6(11)9-4/h2-4,7,12H,1H3,(H,9,11). The molecule has 1 aromatic heterocycles. The first-order valence-electron chi connectivity index (χ1n) is 3.72. The number of carbonyl (C=O) groups excluding carboxylic acids is 1. The molecular formula is C7H9N3O2. The van der Waals surface area contributed by atoms with E-state index in [9.17, 15) is 9.90 Å². The molecule has 0 aromatic carbocycles. The summed E-state index contributed by atoms with van der Waals surface area (Å²) in [7, 11) is 0. The molecule has 5 heteroatoms. The molecule has 64 valence electrons. The molecule has 0 aliphatic carbocycles. The van der Waals surface area contributed by atoms with E-state index in [0.717, 1.165) is 0 Å². The van der Waals surface area contributed by atoms with Crippen LogP contribution in [0.15, 0.2) is 12.3 Å². The number of rotatable bonds is 0. The van der Waals surface area contributed by atoms with Crippen molar-refractivity contribution in [1.29, 1.82) is 0 Å². The highest BCUT2D eigenvalue weighted by molar-refractivity contribution is 5.93. The Morgan fingerprint density at radius 2 is 2.50 bits per heavy atom. The molecule has 0 saturated carbocycles. The smallest absolute Gasteiger partial charge is 0.270 e. The van der Waals surface area contributed by atoms with Crippen molar-refractivity contribution in [3.8, 4) is 0 Å². The molecule has 0 radical (unpaired) electrons. The van der Waals surface area contributed by atoms with Gasteiger partial charge in [-0.15, -0.1) is 0 Å². The average Bonchev–Trinajstić information content (AvgIpc) is 2.48. The Morgan fingerprint density at radius 1 is 1.75 bits per heavy atom. The molecule has 12 heavy (non-hydrogen) atoms. The Balaban J connectivity index is 2.49. The summed E-state index contributed by atoms with van der Waals surface area (Å²) in [5, 5.41) is 16.0. The first-order chi connectivity index (χ1) is 5.70. The van der Waals surface area contributed by atoms with Crippen molar-refractivity contribution in [2.45, 2.75) is 19.2 Å². The van der Waals surface area contributed by atoms with Gasteiger partial charge in [-0.05, 0) is 13.0 Å². The number of amides is 1. The predicted molar refractivity (Wildman–Crippen MR) is 40.4 cm³/mol. The number of hydrogen-bond donors (Lipinski definition) is 2. The van der Waals surface area contributed by atoms with Crippen LogP contribution in [0, 0.1) is 0 Å². The van der Waals surface area contributed by atoms with Crippen LogP contribution >= 0.6 is 0 Å². The molecule has 2 unspecified atom stereocenters. The Morgan fingerprint density at radius 3 is 3.25 bits per heavy atom. The topological polar surface area (TPSA) is 67.2 Å². The van der Waals surface area contributed by atoms with Crippen LogP contribution in [0.3, 0.4) is 0 Å². The summed E-state index contributed by atoms with van der Waals surface area (Å²) >= 11 is 0. The van der Waals surface area contributed by atoms with E-state index < -0.39 is 6.23 Å². The minimum absolute atomic E-state index is 0.190.